The molecular weight excluding hydrogens is 266 g/mol. The standard InChI is InChI=1S/C6H10FNO3.C2HF3O2/c1-11-6(10)5-4(7)3(9)2-8-5;3-2(4,5)1(6)7/h3-5,8-9H,2H2,1H3;(H,6,7)/t3-,4-,5+;/m1./s1. The van der Waals surface area contributed by atoms with Gasteiger partial charge in [-0.15, -0.1) is 0 Å². The number of carboxylic acid groups (broad SMARTS) is 1. The maximum Gasteiger partial charge on any atom is 0.430 e. The van der Waals surface area contributed by atoms with E-state index < -0.39 is 36.4 Å². The lowest BCUT2D eigenvalue weighted by Crippen LogP contribution is -2.90. The van der Waals surface area contributed by atoms with Crippen LogP contribution in [0, 0.1) is 0 Å². The summed E-state index contributed by atoms with van der Waals surface area (Å²) in [6.07, 6.45) is -7.73. The molecule has 0 bridgehead atoms. The number of nitrogens with two attached hydrogens (primary N) is 1. The van der Waals surface area contributed by atoms with E-state index >= 15 is 0 Å². The van der Waals surface area contributed by atoms with Crippen LogP contribution in [0.3, 0.4) is 0 Å². The van der Waals surface area contributed by atoms with E-state index in [1.807, 2.05) is 0 Å². The number of aliphatic hydroxyl groups is 1. The Kier molecular flexibility index (Phi) is 5.98. The first-order chi connectivity index (χ1) is 8.11. The zero-order valence-electron chi connectivity index (χ0n) is 9.11. The van der Waals surface area contributed by atoms with Gasteiger partial charge in [-0.05, 0) is 0 Å². The number of quaternary nitrogens is 1. The van der Waals surface area contributed by atoms with Crippen LogP contribution < -0.4 is 10.4 Å². The first kappa shape index (κ1) is 16.6. The van der Waals surface area contributed by atoms with E-state index in [1.165, 1.54) is 12.4 Å². The average Bonchev–Trinajstić information content (AvgIpc) is 2.58. The van der Waals surface area contributed by atoms with Crippen molar-refractivity contribution in [2.24, 2.45) is 0 Å². The molecule has 0 radical (unpaired) electrons. The number of carboxylic acids is 1. The number of hydrogen-bond donors (Lipinski definition) is 2. The lowest BCUT2D eigenvalue weighted by molar-refractivity contribution is -0.663. The van der Waals surface area contributed by atoms with Gasteiger partial charge in [-0.1, -0.05) is 0 Å². The van der Waals surface area contributed by atoms with Crippen LogP contribution in [0.5, 0.6) is 0 Å². The van der Waals surface area contributed by atoms with Gasteiger partial charge in [-0.3, -0.25) is 0 Å². The second-order valence-corrected chi connectivity index (χ2v) is 3.32. The third-order valence-electron chi connectivity index (χ3n) is 2.05. The highest BCUT2D eigenvalue weighted by atomic mass is 19.4. The fraction of sp³-hybridized carbons (Fsp3) is 0.750. The number of aliphatic hydroxyl groups excluding tert-OH is 1. The van der Waals surface area contributed by atoms with Gasteiger partial charge in [-0.2, -0.15) is 13.2 Å². The van der Waals surface area contributed by atoms with Crippen LogP contribution in [0.25, 0.3) is 0 Å². The van der Waals surface area contributed by atoms with Crippen molar-refractivity contribution in [1.82, 2.24) is 0 Å². The summed E-state index contributed by atoms with van der Waals surface area (Å²) in [4.78, 5) is 19.6. The Morgan fingerprint density at radius 1 is 1.44 bits per heavy atom. The van der Waals surface area contributed by atoms with Gasteiger partial charge in [0.1, 0.15) is 18.6 Å². The van der Waals surface area contributed by atoms with Gasteiger partial charge in [0.2, 0.25) is 6.04 Å². The molecule has 1 saturated heterocycles. The number of rotatable bonds is 1. The van der Waals surface area contributed by atoms with Gasteiger partial charge in [0.05, 0.1) is 7.11 Å². The van der Waals surface area contributed by atoms with Crippen molar-refractivity contribution < 1.29 is 47.4 Å². The predicted octanol–water partition coefficient (Wildman–Crippen LogP) is -2.90. The van der Waals surface area contributed by atoms with Crippen LogP contribution in [0.15, 0.2) is 0 Å². The second kappa shape index (κ2) is 6.50. The SMILES string of the molecule is COC(=O)[C@H]1[NH2+]C[C@@H](O)[C@H]1F.O=C([O-])C(F)(F)F. The van der Waals surface area contributed by atoms with Crippen molar-refractivity contribution in [1.29, 1.82) is 0 Å². The molecule has 1 aliphatic heterocycles. The minimum atomic E-state index is -5.19. The van der Waals surface area contributed by atoms with E-state index in [0.29, 0.717) is 0 Å². The Morgan fingerprint density at radius 3 is 2.11 bits per heavy atom. The second-order valence-electron chi connectivity index (χ2n) is 3.32. The van der Waals surface area contributed by atoms with Crippen molar-refractivity contribution in [3.63, 3.8) is 0 Å². The monoisotopic (exact) mass is 277 g/mol. The molecule has 1 rings (SSSR count). The lowest BCUT2D eigenvalue weighted by Gasteiger charge is -2.06. The Balaban J connectivity index is 0.000000360. The van der Waals surface area contributed by atoms with Crippen molar-refractivity contribution >= 4 is 11.9 Å². The Morgan fingerprint density at radius 2 is 1.89 bits per heavy atom. The van der Waals surface area contributed by atoms with Crippen molar-refractivity contribution in [3.8, 4) is 0 Å². The number of methoxy groups -OCH3 is 1. The molecule has 106 valence electrons. The summed E-state index contributed by atoms with van der Waals surface area (Å²) in [5, 5.41) is 19.1. The number of esters is 1. The molecule has 0 amide bonds. The first-order valence-electron chi connectivity index (χ1n) is 4.62. The van der Waals surface area contributed by atoms with E-state index in [2.05, 4.69) is 4.74 Å². The number of hydrogen-bond acceptors (Lipinski definition) is 5. The van der Waals surface area contributed by atoms with Crippen molar-refractivity contribution in [2.75, 3.05) is 13.7 Å². The molecule has 1 aliphatic rings. The number of aliphatic carboxylic acids is 1. The molecule has 6 nitrogen and oxygen atoms in total. The highest BCUT2D eigenvalue weighted by Gasteiger charge is 2.44. The Bertz CT molecular complexity index is 308. The topological polar surface area (TPSA) is 103 Å². The van der Waals surface area contributed by atoms with E-state index in [0.717, 1.165) is 0 Å². The highest BCUT2D eigenvalue weighted by molar-refractivity contribution is 5.75. The summed E-state index contributed by atoms with van der Waals surface area (Å²) in [5.74, 6) is -3.62. The fourth-order valence-electron chi connectivity index (χ4n) is 1.15. The zero-order valence-corrected chi connectivity index (χ0v) is 9.11. The molecular formula is C8H11F4NO5. The number of halogens is 4. The first-order valence-corrected chi connectivity index (χ1v) is 4.62. The minimum absolute atomic E-state index is 0.223. The highest BCUT2D eigenvalue weighted by Crippen LogP contribution is 2.11. The van der Waals surface area contributed by atoms with Crippen molar-refractivity contribution in [2.45, 2.75) is 24.5 Å². The quantitative estimate of drug-likeness (QED) is 0.395. The van der Waals surface area contributed by atoms with Gasteiger partial charge in [0.25, 0.3) is 0 Å². The molecule has 3 N–H and O–H groups in total. The summed E-state index contributed by atoms with van der Waals surface area (Å²) in [6, 6.07) is -0.880. The third kappa shape index (κ3) is 4.84. The van der Waals surface area contributed by atoms with E-state index in [-0.39, 0.29) is 6.54 Å². The predicted molar refractivity (Wildman–Crippen MR) is 44.6 cm³/mol. The molecule has 1 heterocycles. The zero-order chi connectivity index (χ0) is 14.5. The van der Waals surface area contributed by atoms with Crippen LogP contribution >= 0.6 is 0 Å². The molecule has 0 saturated carbocycles. The summed E-state index contributed by atoms with van der Waals surface area (Å²) in [5.41, 5.74) is 0. The van der Waals surface area contributed by atoms with E-state index in [4.69, 9.17) is 15.0 Å². The van der Waals surface area contributed by atoms with Gasteiger partial charge < -0.3 is 25.1 Å². The van der Waals surface area contributed by atoms with Crippen LogP contribution in [0.1, 0.15) is 0 Å². The van der Waals surface area contributed by atoms with Crippen LogP contribution in [0.4, 0.5) is 17.6 Å². The van der Waals surface area contributed by atoms with Crippen LogP contribution in [-0.2, 0) is 14.3 Å². The van der Waals surface area contributed by atoms with Gasteiger partial charge in [-0.25, -0.2) is 9.18 Å². The average molecular weight is 277 g/mol. The summed E-state index contributed by atoms with van der Waals surface area (Å²) >= 11 is 0. The van der Waals surface area contributed by atoms with Crippen LogP contribution in [-0.4, -0.2) is 55.2 Å². The lowest BCUT2D eigenvalue weighted by atomic mass is 10.2. The molecule has 0 spiro atoms. The Labute approximate surface area is 98.5 Å². The fourth-order valence-corrected chi connectivity index (χ4v) is 1.15. The number of alkyl halides is 4. The van der Waals surface area contributed by atoms with Gasteiger partial charge in [0.15, 0.2) is 6.17 Å². The third-order valence-corrected chi connectivity index (χ3v) is 2.05. The maximum atomic E-state index is 12.8. The normalized spacial score (nSPS) is 27.1. The molecule has 3 atom stereocenters. The van der Waals surface area contributed by atoms with Crippen molar-refractivity contribution in [3.05, 3.63) is 0 Å². The molecule has 0 unspecified atom stereocenters. The molecule has 0 aromatic heterocycles. The summed E-state index contributed by atoms with van der Waals surface area (Å²) in [7, 11) is 1.20. The van der Waals surface area contributed by atoms with Crippen LogP contribution in [0.2, 0.25) is 0 Å². The molecule has 0 aromatic rings. The van der Waals surface area contributed by atoms with E-state index in [1.54, 1.807) is 0 Å². The molecule has 1 fully saturated rings. The van der Waals surface area contributed by atoms with Gasteiger partial charge in [0, 0.05) is 0 Å². The van der Waals surface area contributed by atoms with E-state index in [9.17, 15) is 22.4 Å². The Hall–Kier alpha value is -1.42. The smallest absolute Gasteiger partial charge is 0.430 e. The van der Waals surface area contributed by atoms with Gasteiger partial charge >= 0.3 is 12.1 Å². The molecule has 10 heteroatoms. The summed E-state index contributed by atoms with van der Waals surface area (Å²) < 4.78 is 48.7. The minimum Gasteiger partial charge on any atom is -0.542 e. The molecule has 0 aromatic carbocycles. The largest absolute Gasteiger partial charge is 0.542 e. The summed E-state index contributed by atoms with van der Waals surface area (Å²) in [6.45, 7) is 0.223. The molecule has 18 heavy (non-hydrogen) atoms. The maximum absolute atomic E-state index is 12.8. The number of carbonyl (C=O) groups is 2. The number of ether oxygens (including phenoxy) is 1. The number of carbonyl (C=O) groups excluding carboxylic acids is 2. The molecule has 0 aliphatic carbocycles.